The topological polar surface area (TPSA) is 53.6 Å². The van der Waals surface area contributed by atoms with Crippen LogP contribution in [0.4, 0.5) is 5.69 Å². The van der Waals surface area contributed by atoms with Gasteiger partial charge in [-0.3, -0.25) is 9.69 Å². The smallest absolute Gasteiger partial charge is 0.240 e. The van der Waals surface area contributed by atoms with E-state index in [1.54, 1.807) is 0 Å². The molecule has 1 fully saturated rings. The van der Waals surface area contributed by atoms with E-state index in [0.29, 0.717) is 24.9 Å². The van der Waals surface area contributed by atoms with Crippen molar-refractivity contribution in [2.45, 2.75) is 32.6 Å². The van der Waals surface area contributed by atoms with Crippen LogP contribution in [0.25, 0.3) is 0 Å². The molecule has 1 amide bonds. The molecule has 2 N–H and O–H groups in total. The Morgan fingerprint density at radius 2 is 1.92 bits per heavy atom. The largest absolute Gasteiger partial charge is 0.379 e. The molecule has 6 heteroatoms. The molecule has 0 aromatic heterocycles. The van der Waals surface area contributed by atoms with E-state index in [1.165, 1.54) is 24.8 Å². The number of aryl methyl sites for hydroxylation is 1. The molecule has 1 aliphatic rings. The van der Waals surface area contributed by atoms with Crippen LogP contribution in [0.15, 0.2) is 24.3 Å². The lowest BCUT2D eigenvalue weighted by atomic mass is 10.1. The number of carbonyl (C=O) groups excluding carboxylic acids is 1. The normalized spacial score (nSPS) is 15.0. The second-order valence-electron chi connectivity index (χ2n) is 6.04. The molecule has 0 unspecified atom stereocenters. The van der Waals surface area contributed by atoms with Crippen LogP contribution in [0.5, 0.6) is 0 Å². The van der Waals surface area contributed by atoms with Crippen molar-refractivity contribution >= 4 is 28.9 Å². The summed E-state index contributed by atoms with van der Waals surface area (Å²) in [5.41, 5.74) is 2.22. The number of hydrogen-bond acceptors (Lipinski definition) is 4. The van der Waals surface area contributed by atoms with Gasteiger partial charge in [-0.1, -0.05) is 31.9 Å². The fourth-order valence-corrected chi connectivity index (χ4v) is 2.86. The molecule has 0 bridgehead atoms. The average molecular weight is 350 g/mol. The molecule has 1 aromatic rings. The van der Waals surface area contributed by atoms with Gasteiger partial charge in [0, 0.05) is 18.8 Å². The number of unbranched alkanes of at least 4 members (excludes halogenated alkanes) is 2. The number of morpholine rings is 1. The van der Waals surface area contributed by atoms with E-state index in [4.69, 9.17) is 17.0 Å². The fourth-order valence-electron chi connectivity index (χ4n) is 2.62. The third kappa shape index (κ3) is 6.95. The molecule has 1 heterocycles. The van der Waals surface area contributed by atoms with E-state index in [2.05, 4.69) is 34.6 Å². The number of amides is 1. The van der Waals surface area contributed by atoms with Crippen LogP contribution in [0.1, 0.15) is 31.7 Å². The van der Waals surface area contributed by atoms with Crippen molar-refractivity contribution < 1.29 is 9.53 Å². The first kappa shape index (κ1) is 18.8. The molecule has 0 radical (unpaired) electrons. The molecule has 0 aliphatic carbocycles. The van der Waals surface area contributed by atoms with Crippen LogP contribution < -0.4 is 10.6 Å². The number of benzene rings is 1. The standard InChI is InChI=1S/C18H27N3O2S/c1-2-3-4-5-15-6-8-16(9-7-15)19-18(24)20-17(22)14-21-10-12-23-13-11-21/h6-9H,2-5,10-14H2,1H3,(H2,19,20,22,24). The monoisotopic (exact) mass is 349 g/mol. The van der Waals surface area contributed by atoms with Crippen LogP contribution in [-0.4, -0.2) is 48.8 Å². The number of nitrogens with one attached hydrogen (secondary N) is 2. The Hall–Kier alpha value is -1.50. The maximum atomic E-state index is 12.0. The van der Waals surface area contributed by atoms with Crippen molar-refractivity contribution in [2.24, 2.45) is 0 Å². The van der Waals surface area contributed by atoms with Gasteiger partial charge in [-0.05, 0) is 42.8 Å². The highest BCUT2D eigenvalue weighted by atomic mass is 32.1. The minimum absolute atomic E-state index is 0.0921. The molecular weight excluding hydrogens is 322 g/mol. The molecule has 2 rings (SSSR count). The van der Waals surface area contributed by atoms with Crippen molar-refractivity contribution in [1.82, 2.24) is 10.2 Å². The molecule has 0 atom stereocenters. The molecule has 1 aliphatic heterocycles. The summed E-state index contributed by atoms with van der Waals surface area (Å²) in [5, 5.41) is 6.13. The van der Waals surface area contributed by atoms with E-state index in [9.17, 15) is 4.79 Å². The maximum Gasteiger partial charge on any atom is 0.240 e. The molecule has 0 saturated carbocycles. The third-order valence-electron chi connectivity index (χ3n) is 4.00. The number of anilines is 1. The minimum atomic E-state index is -0.0921. The molecule has 5 nitrogen and oxygen atoms in total. The average Bonchev–Trinajstić information content (AvgIpc) is 2.57. The number of thiocarbonyl (C=S) groups is 1. The number of hydrogen-bond donors (Lipinski definition) is 2. The zero-order valence-electron chi connectivity index (χ0n) is 14.3. The van der Waals surface area contributed by atoms with Gasteiger partial charge in [-0.2, -0.15) is 0 Å². The van der Waals surface area contributed by atoms with Gasteiger partial charge in [0.25, 0.3) is 0 Å². The van der Waals surface area contributed by atoms with Crippen molar-refractivity contribution in [3.8, 4) is 0 Å². The Labute approximate surface area is 149 Å². The quantitative estimate of drug-likeness (QED) is 0.585. The van der Waals surface area contributed by atoms with E-state index < -0.39 is 0 Å². The Kier molecular flexibility index (Phi) is 8.15. The lowest BCUT2D eigenvalue weighted by molar-refractivity contribution is -0.121. The van der Waals surface area contributed by atoms with Crippen molar-refractivity contribution in [3.63, 3.8) is 0 Å². The second-order valence-corrected chi connectivity index (χ2v) is 6.45. The Balaban J connectivity index is 1.71. The highest BCUT2D eigenvalue weighted by Gasteiger charge is 2.14. The molecule has 24 heavy (non-hydrogen) atoms. The van der Waals surface area contributed by atoms with Gasteiger partial charge in [0.2, 0.25) is 5.91 Å². The number of nitrogens with zero attached hydrogens (tertiary/aromatic N) is 1. The molecule has 1 aromatic carbocycles. The lowest BCUT2D eigenvalue weighted by Gasteiger charge is -2.25. The van der Waals surface area contributed by atoms with Crippen molar-refractivity contribution in [1.29, 1.82) is 0 Å². The zero-order valence-corrected chi connectivity index (χ0v) is 15.2. The fraction of sp³-hybridized carbons (Fsp3) is 0.556. The van der Waals surface area contributed by atoms with Crippen LogP contribution >= 0.6 is 12.2 Å². The predicted molar refractivity (Wildman–Crippen MR) is 101 cm³/mol. The summed E-state index contributed by atoms with van der Waals surface area (Å²) in [4.78, 5) is 14.1. The zero-order chi connectivity index (χ0) is 17.2. The van der Waals surface area contributed by atoms with E-state index in [1.807, 2.05) is 12.1 Å². The van der Waals surface area contributed by atoms with Gasteiger partial charge < -0.3 is 15.4 Å². The van der Waals surface area contributed by atoms with Crippen molar-refractivity contribution in [2.75, 3.05) is 38.2 Å². The van der Waals surface area contributed by atoms with E-state index in [0.717, 1.165) is 25.2 Å². The highest BCUT2D eigenvalue weighted by Crippen LogP contribution is 2.12. The first-order valence-electron chi connectivity index (χ1n) is 8.67. The van der Waals surface area contributed by atoms with Crippen LogP contribution in [0, 0.1) is 0 Å². The molecule has 1 saturated heterocycles. The third-order valence-corrected chi connectivity index (χ3v) is 4.21. The summed E-state index contributed by atoms with van der Waals surface area (Å²) >= 11 is 5.21. The SMILES string of the molecule is CCCCCc1ccc(NC(=S)NC(=O)CN2CCOCC2)cc1. The molecular formula is C18H27N3O2S. The van der Waals surface area contributed by atoms with Crippen LogP contribution in [0.3, 0.4) is 0 Å². The van der Waals surface area contributed by atoms with Crippen LogP contribution in [-0.2, 0) is 16.0 Å². The van der Waals surface area contributed by atoms with Gasteiger partial charge in [-0.25, -0.2) is 0 Å². The predicted octanol–water partition coefficient (Wildman–Crippen LogP) is 2.56. The van der Waals surface area contributed by atoms with Gasteiger partial charge in [-0.15, -0.1) is 0 Å². The van der Waals surface area contributed by atoms with Crippen LogP contribution in [0.2, 0.25) is 0 Å². The first-order valence-corrected chi connectivity index (χ1v) is 9.08. The van der Waals surface area contributed by atoms with Gasteiger partial charge in [0.1, 0.15) is 0 Å². The van der Waals surface area contributed by atoms with E-state index in [-0.39, 0.29) is 5.91 Å². The highest BCUT2D eigenvalue weighted by molar-refractivity contribution is 7.80. The summed E-state index contributed by atoms with van der Waals surface area (Å²) < 4.78 is 5.27. The summed E-state index contributed by atoms with van der Waals surface area (Å²) in [5.74, 6) is -0.0921. The Morgan fingerprint density at radius 1 is 1.21 bits per heavy atom. The summed E-state index contributed by atoms with van der Waals surface area (Å²) in [7, 11) is 0. The second kappa shape index (κ2) is 10.4. The summed E-state index contributed by atoms with van der Waals surface area (Å²) in [6.07, 6.45) is 4.82. The van der Waals surface area contributed by atoms with E-state index >= 15 is 0 Å². The number of carbonyl (C=O) groups is 1. The number of ether oxygens (including phenoxy) is 1. The maximum absolute atomic E-state index is 12.0. The van der Waals surface area contributed by atoms with Gasteiger partial charge in [0.05, 0.1) is 19.8 Å². The first-order chi connectivity index (χ1) is 11.7. The Morgan fingerprint density at radius 3 is 2.58 bits per heavy atom. The lowest BCUT2D eigenvalue weighted by Crippen LogP contribution is -2.45. The van der Waals surface area contributed by atoms with Gasteiger partial charge >= 0.3 is 0 Å². The Bertz CT molecular complexity index is 528. The molecule has 0 spiro atoms. The summed E-state index contributed by atoms with van der Waals surface area (Å²) in [6.45, 7) is 5.49. The molecule has 132 valence electrons. The number of rotatable bonds is 7. The van der Waals surface area contributed by atoms with Gasteiger partial charge in [0.15, 0.2) is 5.11 Å². The van der Waals surface area contributed by atoms with Crippen molar-refractivity contribution in [3.05, 3.63) is 29.8 Å². The summed E-state index contributed by atoms with van der Waals surface area (Å²) in [6, 6.07) is 8.22. The minimum Gasteiger partial charge on any atom is -0.379 e.